The van der Waals surface area contributed by atoms with E-state index in [1.807, 2.05) is 6.92 Å². The lowest BCUT2D eigenvalue weighted by Crippen LogP contribution is -2.45. The summed E-state index contributed by atoms with van der Waals surface area (Å²) < 4.78 is 3.54. The van der Waals surface area contributed by atoms with E-state index in [1.165, 1.54) is 5.38 Å². The molecule has 1 aromatic heterocycles. The summed E-state index contributed by atoms with van der Waals surface area (Å²) in [5, 5.41) is 16.5. The van der Waals surface area contributed by atoms with Gasteiger partial charge in [-0.25, -0.2) is 4.79 Å². The van der Waals surface area contributed by atoms with E-state index in [0.29, 0.717) is 6.42 Å². The molecule has 0 radical (unpaired) electrons. The molecule has 2 atom stereocenters. The first-order valence-corrected chi connectivity index (χ1v) is 5.70. The summed E-state index contributed by atoms with van der Waals surface area (Å²) in [5.74, 6) is -1.67. The highest BCUT2D eigenvalue weighted by atomic mass is 32.1. The van der Waals surface area contributed by atoms with Gasteiger partial charge in [0.1, 0.15) is 6.04 Å². The molecule has 1 amide bonds. The van der Waals surface area contributed by atoms with Crippen LogP contribution in [0, 0.1) is 5.92 Å². The summed E-state index contributed by atoms with van der Waals surface area (Å²) in [6.07, 6.45) is 0.673. The van der Waals surface area contributed by atoms with Crippen molar-refractivity contribution in [2.45, 2.75) is 26.3 Å². The van der Waals surface area contributed by atoms with Gasteiger partial charge in [0, 0.05) is 5.38 Å². The Morgan fingerprint density at radius 2 is 2.31 bits per heavy atom. The second kappa shape index (κ2) is 5.55. The average molecular weight is 243 g/mol. The van der Waals surface area contributed by atoms with E-state index in [-0.39, 0.29) is 11.6 Å². The molecule has 88 valence electrons. The number of hydrogen-bond acceptors (Lipinski definition) is 5. The predicted molar refractivity (Wildman–Crippen MR) is 58.3 cm³/mol. The predicted octanol–water partition coefficient (Wildman–Crippen LogP) is 0.767. The van der Waals surface area contributed by atoms with E-state index in [2.05, 4.69) is 14.9 Å². The minimum atomic E-state index is -1.04. The zero-order valence-corrected chi connectivity index (χ0v) is 9.82. The molecule has 0 fully saturated rings. The van der Waals surface area contributed by atoms with Crippen LogP contribution in [0.15, 0.2) is 5.38 Å². The maximum Gasteiger partial charge on any atom is 0.326 e. The fourth-order valence-electron chi connectivity index (χ4n) is 1.16. The van der Waals surface area contributed by atoms with E-state index in [0.717, 1.165) is 11.5 Å². The molecule has 0 aliphatic carbocycles. The second-order valence-electron chi connectivity index (χ2n) is 3.47. The molecule has 1 heterocycles. The molecule has 0 spiro atoms. The minimum Gasteiger partial charge on any atom is -0.480 e. The number of carboxylic acids is 1. The van der Waals surface area contributed by atoms with E-state index in [1.54, 1.807) is 6.92 Å². The topological polar surface area (TPSA) is 92.2 Å². The molecule has 1 unspecified atom stereocenters. The van der Waals surface area contributed by atoms with Crippen molar-refractivity contribution in [1.29, 1.82) is 0 Å². The third-order valence-corrected chi connectivity index (χ3v) is 2.86. The molecule has 16 heavy (non-hydrogen) atoms. The van der Waals surface area contributed by atoms with Crippen LogP contribution in [0.3, 0.4) is 0 Å². The molecular formula is C9H13N3O3S. The van der Waals surface area contributed by atoms with Gasteiger partial charge < -0.3 is 10.4 Å². The maximum absolute atomic E-state index is 11.6. The summed E-state index contributed by atoms with van der Waals surface area (Å²) in [4.78, 5) is 22.5. The SMILES string of the molecule is CCC(C)[C@H](NC(=O)c1csnn1)C(=O)O. The third-order valence-electron chi connectivity index (χ3n) is 2.36. The van der Waals surface area contributed by atoms with Gasteiger partial charge in [-0.2, -0.15) is 0 Å². The first-order chi connectivity index (χ1) is 7.56. The normalized spacial score (nSPS) is 14.1. The number of nitrogens with zero attached hydrogens (tertiary/aromatic N) is 2. The minimum absolute atomic E-state index is 0.131. The van der Waals surface area contributed by atoms with Crippen LogP contribution in [0.5, 0.6) is 0 Å². The summed E-state index contributed by atoms with van der Waals surface area (Å²) in [6, 6.07) is -0.890. The van der Waals surface area contributed by atoms with Crippen LogP contribution in [0.25, 0.3) is 0 Å². The monoisotopic (exact) mass is 243 g/mol. The fourth-order valence-corrected chi connectivity index (χ4v) is 1.60. The Morgan fingerprint density at radius 1 is 1.62 bits per heavy atom. The zero-order chi connectivity index (χ0) is 12.1. The van der Waals surface area contributed by atoms with Gasteiger partial charge in [0.05, 0.1) is 0 Å². The quantitative estimate of drug-likeness (QED) is 0.796. The summed E-state index contributed by atoms with van der Waals surface area (Å²) in [6.45, 7) is 3.65. The van der Waals surface area contributed by atoms with Crippen LogP contribution in [-0.4, -0.2) is 32.6 Å². The second-order valence-corrected chi connectivity index (χ2v) is 4.07. The van der Waals surface area contributed by atoms with Gasteiger partial charge >= 0.3 is 5.97 Å². The molecule has 0 bridgehead atoms. The smallest absolute Gasteiger partial charge is 0.326 e. The number of hydrogen-bond donors (Lipinski definition) is 2. The highest BCUT2D eigenvalue weighted by Gasteiger charge is 2.26. The first kappa shape index (κ1) is 12.6. The van der Waals surface area contributed by atoms with Crippen LogP contribution < -0.4 is 5.32 Å². The molecule has 0 aliphatic heterocycles. The van der Waals surface area contributed by atoms with Crippen molar-refractivity contribution >= 4 is 23.4 Å². The molecule has 6 nitrogen and oxygen atoms in total. The Balaban J connectivity index is 2.69. The Labute approximate surface area is 96.8 Å². The van der Waals surface area contributed by atoms with Gasteiger partial charge in [-0.15, -0.1) is 5.10 Å². The number of aliphatic carboxylic acids is 1. The van der Waals surface area contributed by atoms with E-state index in [4.69, 9.17) is 5.11 Å². The van der Waals surface area contributed by atoms with Crippen molar-refractivity contribution in [1.82, 2.24) is 14.9 Å². The van der Waals surface area contributed by atoms with E-state index >= 15 is 0 Å². The molecule has 1 rings (SSSR count). The first-order valence-electron chi connectivity index (χ1n) is 4.87. The lowest BCUT2D eigenvalue weighted by atomic mass is 9.99. The fraction of sp³-hybridized carbons (Fsp3) is 0.556. The van der Waals surface area contributed by atoms with Crippen molar-refractivity contribution in [2.24, 2.45) is 5.92 Å². The molecule has 2 N–H and O–H groups in total. The van der Waals surface area contributed by atoms with Crippen LogP contribution in [0.4, 0.5) is 0 Å². The molecule has 0 aromatic carbocycles. The molecule has 0 saturated heterocycles. The van der Waals surface area contributed by atoms with Crippen LogP contribution in [0.2, 0.25) is 0 Å². The number of rotatable bonds is 5. The van der Waals surface area contributed by atoms with Crippen LogP contribution in [-0.2, 0) is 4.79 Å². The molecule has 1 aromatic rings. The summed E-state index contributed by atoms with van der Waals surface area (Å²) in [5.41, 5.74) is 0.152. The Hall–Kier alpha value is -1.50. The number of amides is 1. The average Bonchev–Trinajstić information content (AvgIpc) is 2.77. The lowest BCUT2D eigenvalue weighted by Gasteiger charge is -2.19. The van der Waals surface area contributed by atoms with Gasteiger partial charge in [-0.05, 0) is 17.5 Å². The molecular weight excluding hydrogens is 230 g/mol. The van der Waals surface area contributed by atoms with Gasteiger partial charge in [0.25, 0.3) is 5.91 Å². The van der Waals surface area contributed by atoms with Crippen molar-refractivity contribution in [3.63, 3.8) is 0 Å². The van der Waals surface area contributed by atoms with Gasteiger partial charge in [-0.3, -0.25) is 4.79 Å². The number of carbonyl (C=O) groups is 2. The van der Waals surface area contributed by atoms with Gasteiger partial charge in [0.15, 0.2) is 5.69 Å². The number of aromatic nitrogens is 2. The number of carbonyl (C=O) groups excluding carboxylic acids is 1. The highest BCUT2D eigenvalue weighted by Crippen LogP contribution is 2.09. The lowest BCUT2D eigenvalue weighted by molar-refractivity contribution is -0.140. The van der Waals surface area contributed by atoms with Gasteiger partial charge in [-0.1, -0.05) is 24.8 Å². The summed E-state index contributed by atoms with van der Waals surface area (Å²) in [7, 11) is 0. The largest absolute Gasteiger partial charge is 0.480 e. The van der Waals surface area contributed by atoms with E-state index < -0.39 is 17.9 Å². The third kappa shape index (κ3) is 2.99. The maximum atomic E-state index is 11.6. The van der Waals surface area contributed by atoms with Crippen molar-refractivity contribution in [2.75, 3.05) is 0 Å². The molecule has 0 aliphatic rings. The molecule has 7 heteroatoms. The van der Waals surface area contributed by atoms with Crippen LogP contribution in [0.1, 0.15) is 30.8 Å². The zero-order valence-electron chi connectivity index (χ0n) is 9.01. The Kier molecular flexibility index (Phi) is 4.36. The number of carboxylic acid groups (broad SMARTS) is 1. The highest BCUT2D eigenvalue weighted by molar-refractivity contribution is 7.03. The summed E-state index contributed by atoms with van der Waals surface area (Å²) >= 11 is 1.05. The van der Waals surface area contributed by atoms with Crippen LogP contribution >= 0.6 is 11.5 Å². The van der Waals surface area contributed by atoms with Crippen molar-refractivity contribution in [3.8, 4) is 0 Å². The van der Waals surface area contributed by atoms with Crippen molar-refractivity contribution < 1.29 is 14.7 Å². The molecule has 0 saturated carbocycles. The van der Waals surface area contributed by atoms with E-state index in [9.17, 15) is 9.59 Å². The standard InChI is InChI=1S/C9H13N3O3S/c1-3-5(2)7(9(14)15)10-8(13)6-4-16-12-11-6/h4-5,7H,3H2,1-2H3,(H,10,13)(H,14,15)/t5?,7-/m0/s1. The Bertz CT molecular complexity index is 366. The Morgan fingerprint density at radius 3 is 2.75 bits per heavy atom. The van der Waals surface area contributed by atoms with Crippen molar-refractivity contribution in [3.05, 3.63) is 11.1 Å². The van der Waals surface area contributed by atoms with Gasteiger partial charge in [0.2, 0.25) is 0 Å². The number of nitrogens with one attached hydrogen (secondary N) is 1.